The molecule has 0 saturated carbocycles. The Bertz CT molecular complexity index is 745. The summed E-state index contributed by atoms with van der Waals surface area (Å²) in [7, 11) is 3.90. The molecule has 2 amide bonds. The van der Waals surface area contributed by atoms with Gasteiger partial charge in [-0.25, -0.2) is 0 Å². The molecule has 0 radical (unpaired) electrons. The monoisotopic (exact) mass is 359 g/mol. The molecule has 0 aromatic heterocycles. The smallest absolute Gasteiger partial charge is 0.244 e. The zero-order valence-electron chi connectivity index (χ0n) is 14.6. The van der Waals surface area contributed by atoms with Crippen molar-refractivity contribution in [1.29, 1.82) is 0 Å². The van der Waals surface area contributed by atoms with E-state index in [1.165, 1.54) is 11.8 Å². The standard InChI is InChI=1S/C19H22ClN3O2/c1-14(24)23(12-15-6-4-5-7-18(15)20)13-19(25)21-16-8-10-17(11-9-16)22(2)3/h4-11H,12-13H2,1-3H3,(H,21,25). The molecule has 1 N–H and O–H groups in total. The number of nitrogens with zero attached hydrogens (tertiary/aromatic N) is 2. The van der Waals surface area contributed by atoms with Gasteiger partial charge in [0.2, 0.25) is 11.8 Å². The van der Waals surface area contributed by atoms with Gasteiger partial charge < -0.3 is 15.1 Å². The van der Waals surface area contributed by atoms with E-state index < -0.39 is 0 Å². The molecule has 2 aromatic rings. The Hall–Kier alpha value is -2.53. The maximum absolute atomic E-state index is 12.3. The van der Waals surface area contributed by atoms with Crippen LogP contribution in [0.15, 0.2) is 48.5 Å². The number of amides is 2. The number of halogens is 1. The van der Waals surface area contributed by atoms with Crippen molar-refractivity contribution in [2.24, 2.45) is 0 Å². The van der Waals surface area contributed by atoms with Crippen LogP contribution in [0.25, 0.3) is 0 Å². The van der Waals surface area contributed by atoms with Crippen LogP contribution in [0.3, 0.4) is 0 Å². The highest BCUT2D eigenvalue weighted by atomic mass is 35.5. The predicted octanol–water partition coefficient (Wildman–Crippen LogP) is 3.39. The summed E-state index contributed by atoms with van der Waals surface area (Å²) in [4.78, 5) is 27.6. The molecule has 0 spiro atoms. The molecule has 25 heavy (non-hydrogen) atoms. The molecule has 0 aliphatic heterocycles. The highest BCUT2D eigenvalue weighted by molar-refractivity contribution is 6.31. The van der Waals surface area contributed by atoms with Gasteiger partial charge in [0.05, 0.1) is 0 Å². The van der Waals surface area contributed by atoms with Gasteiger partial charge in [-0.2, -0.15) is 0 Å². The van der Waals surface area contributed by atoms with Crippen molar-refractivity contribution >= 4 is 34.8 Å². The summed E-state index contributed by atoms with van der Waals surface area (Å²) in [6.07, 6.45) is 0. The van der Waals surface area contributed by atoms with Crippen LogP contribution >= 0.6 is 11.6 Å². The number of carbonyl (C=O) groups is 2. The molecule has 5 nitrogen and oxygen atoms in total. The molecule has 132 valence electrons. The number of nitrogens with one attached hydrogen (secondary N) is 1. The van der Waals surface area contributed by atoms with Gasteiger partial charge in [-0.15, -0.1) is 0 Å². The van der Waals surface area contributed by atoms with Gasteiger partial charge in [0.15, 0.2) is 0 Å². The van der Waals surface area contributed by atoms with Gasteiger partial charge in [0.25, 0.3) is 0 Å². The Morgan fingerprint density at radius 2 is 1.68 bits per heavy atom. The molecular formula is C19H22ClN3O2. The van der Waals surface area contributed by atoms with E-state index in [1.54, 1.807) is 6.07 Å². The van der Waals surface area contributed by atoms with Crippen molar-refractivity contribution in [2.45, 2.75) is 13.5 Å². The first-order valence-corrected chi connectivity index (χ1v) is 8.31. The van der Waals surface area contributed by atoms with Crippen LogP contribution in [0.2, 0.25) is 5.02 Å². The van der Waals surface area contributed by atoms with Crippen LogP contribution in [0.5, 0.6) is 0 Å². The maximum atomic E-state index is 12.3. The van der Waals surface area contributed by atoms with Crippen LogP contribution in [0, 0.1) is 0 Å². The second-order valence-corrected chi connectivity index (χ2v) is 6.36. The van der Waals surface area contributed by atoms with Gasteiger partial charge in [-0.3, -0.25) is 9.59 Å². The lowest BCUT2D eigenvalue weighted by molar-refractivity contribution is -0.133. The summed E-state index contributed by atoms with van der Waals surface area (Å²) in [5.74, 6) is -0.433. The van der Waals surface area contributed by atoms with Crippen molar-refractivity contribution < 1.29 is 9.59 Å². The van der Waals surface area contributed by atoms with E-state index in [4.69, 9.17) is 11.6 Å². The zero-order valence-corrected chi connectivity index (χ0v) is 15.4. The van der Waals surface area contributed by atoms with Crippen molar-refractivity contribution in [3.8, 4) is 0 Å². The van der Waals surface area contributed by atoms with Crippen molar-refractivity contribution in [3.05, 3.63) is 59.1 Å². The highest BCUT2D eigenvalue weighted by Gasteiger charge is 2.15. The summed E-state index contributed by atoms with van der Waals surface area (Å²) in [6, 6.07) is 14.8. The molecule has 0 bridgehead atoms. The van der Waals surface area contributed by atoms with E-state index in [1.807, 2.05) is 61.5 Å². The number of carbonyl (C=O) groups excluding carboxylic acids is 2. The predicted molar refractivity (Wildman–Crippen MR) is 102 cm³/mol. The Morgan fingerprint density at radius 1 is 1.04 bits per heavy atom. The fraction of sp³-hybridized carbons (Fsp3) is 0.263. The summed E-state index contributed by atoms with van der Waals surface area (Å²) in [5.41, 5.74) is 2.54. The second kappa shape index (κ2) is 8.53. The quantitative estimate of drug-likeness (QED) is 0.860. The van der Waals surface area contributed by atoms with E-state index in [9.17, 15) is 9.59 Å². The van der Waals surface area contributed by atoms with Crippen LogP contribution in [0.1, 0.15) is 12.5 Å². The molecule has 0 saturated heterocycles. The lowest BCUT2D eigenvalue weighted by atomic mass is 10.2. The van der Waals surface area contributed by atoms with Crippen molar-refractivity contribution in [2.75, 3.05) is 30.9 Å². The van der Waals surface area contributed by atoms with E-state index in [0.29, 0.717) is 17.3 Å². The number of hydrogen-bond acceptors (Lipinski definition) is 3. The minimum atomic E-state index is -0.250. The van der Waals surface area contributed by atoms with Crippen molar-refractivity contribution in [1.82, 2.24) is 4.90 Å². The van der Waals surface area contributed by atoms with Crippen molar-refractivity contribution in [3.63, 3.8) is 0 Å². The third-order valence-corrected chi connectivity index (χ3v) is 4.14. The third-order valence-electron chi connectivity index (χ3n) is 3.77. The summed E-state index contributed by atoms with van der Waals surface area (Å²) < 4.78 is 0. The fourth-order valence-electron chi connectivity index (χ4n) is 2.33. The molecule has 0 fully saturated rings. The zero-order chi connectivity index (χ0) is 18.4. The molecule has 2 rings (SSSR count). The molecular weight excluding hydrogens is 338 g/mol. The van der Waals surface area contributed by atoms with Crippen LogP contribution < -0.4 is 10.2 Å². The van der Waals surface area contributed by atoms with Gasteiger partial charge in [0.1, 0.15) is 6.54 Å². The number of anilines is 2. The average molecular weight is 360 g/mol. The molecule has 0 aliphatic carbocycles. The topological polar surface area (TPSA) is 52.7 Å². The normalized spacial score (nSPS) is 10.2. The summed E-state index contributed by atoms with van der Waals surface area (Å²) in [5, 5.41) is 3.39. The Labute approximate surface area is 153 Å². The van der Waals surface area contributed by atoms with Crippen LogP contribution in [-0.2, 0) is 16.1 Å². The average Bonchev–Trinajstić information content (AvgIpc) is 2.56. The number of hydrogen-bond donors (Lipinski definition) is 1. The van der Waals surface area contributed by atoms with Gasteiger partial charge in [0, 0.05) is 44.0 Å². The second-order valence-electron chi connectivity index (χ2n) is 5.96. The lowest BCUT2D eigenvalue weighted by Gasteiger charge is -2.21. The summed E-state index contributed by atoms with van der Waals surface area (Å²) in [6.45, 7) is 1.70. The Morgan fingerprint density at radius 3 is 2.24 bits per heavy atom. The largest absolute Gasteiger partial charge is 0.378 e. The Balaban J connectivity index is 2.00. The first-order valence-electron chi connectivity index (χ1n) is 7.93. The van der Waals surface area contributed by atoms with E-state index in [-0.39, 0.29) is 18.4 Å². The van der Waals surface area contributed by atoms with Gasteiger partial charge >= 0.3 is 0 Å². The van der Waals surface area contributed by atoms with Crippen LogP contribution in [0.4, 0.5) is 11.4 Å². The SMILES string of the molecule is CC(=O)N(CC(=O)Nc1ccc(N(C)C)cc1)Cc1ccccc1Cl. The van der Waals surface area contributed by atoms with E-state index in [2.05, 4.69) is 5.32 Å². The number of benzene rings is 2. The minimum Gasteiger partial charge on any atom is -0.378 e. The van der Waals surface area contributed by atoms with Gasteiger partial charge in [-0.1, -0.05) is 29.8 Å². The minimum absolute atomic E-state index is 0.0318. The molecule has 2 aromatic carbocycles. The lowest BCUT2D eigenvalue weighted by Crippen LogP contribution is -2.36. The number of rotatable bonds is 6. The molecule has 6 heteroatoms. The molecule has 0 atom stereocenters. The summed E-state index contributed by atoms with van der Waals surface area (Å²) >= 11 is 6.14. The molecule has 0 aliphatic rings. The maximum Gasteiger partial charge on any atom is 0.244 e. The van der Waals surface area contributed by atoms with E-state index in [0.717, 1.165) is 11.3 Å². The highest BCUT2D eigenvalue weighted by Crippen LogP contribution is 2.18. The van der Waals surface area contributed by atoms with Crippen LogP contribution in [-0.4, -0.2) is 37.4 Å². The first-order chi connectivity index (χ1) is 11.9. The molecule has 0 unspecified atom stereocenters. The van der Waals surface area contributed by atoms with E-state index >= 15 is 0 Å². The molecule has 0 heterocycles. The first kappa shape index (κ1) is 18.8. The fourth-order valence-corrected chi connectivity index (χ4v) is 2.52. The Kier molecular flexibility index (Phi) is 6.42. The third kappa shape index (κ3) is 5.50. The van der Waals surface area contributed by atoms with Gasteiger partial charge in [-0.05, 0) is 35.9 Å².